The third kappa shape index (κ3) is 4.13. The molecule has 2 amide bonds. The summed E-state index contributed by atoms with van der Waals surface area (Å²) in [5, 5.41) is 0. The first-order chi connectivity index (χ1) is 12.3. The Bertz CT molecular complexity index is 765. The number of hydrogen-bond acceptors (Lipinski definition) is 3. The molecule has 4 nitrogen and oxygen atoms in total. The van der Waals surface area contributed by atoms with Crippen LogP contribution in [0.1, 0.15) is 44.4 Å². The van der Waals surface area contributed by atoms with Crippen molar-refractivity contribution >= 4 is 12.0 Å². The summed E-state index contributed by atoms with van der Waals surface area (Å²) in [6.45, 7) is 5.43. The van der Waals surface area contributed by atoms with E-state index in [0.717, 1.165) is 11.1 Å². The van der Waals surface area contributed by atoms with Gasteiger partial charge in [-0.1, -0.05) is 60.7 Å². The molecule has 0 bridgehead atoms. The highest BCUT2D eigenvalue weighted by Gasteiger charge is 2.45. The summed E-state index contributed by atoms with van der Waals surface area (Å²) < 4.78 is 5.51. The zero-order valence-electron chi connectivity index (χ0n) is 15.5. The zero-order valence-corrected chi connectivity index (χ0v) is 15.5. The molecule has 2 aromatic rings. The molecule has 1 aliphatic rings. The van der Waals surface area contributed by atoms with Crippen molar-refractivity contribution in [1.82, 2.24) is 4.90 Å². The number of amides is 2. The lowest BCUT2D eigenvalue weighted by Gasteiger charge is -2.27. The molecule has 3 rings (SSSR count). The summed E-state index contributed by atoms with van der Waals surface area (Å²) >= 11 is 0. The van der Waals surface area contributed by atoms with E-state index in [1.807, 2.05) is 81.4 Å². The average Bonchev–Trinajstić information content (AvgIpc) is 2.92. The van der Waals surface area contributed by atoms with Gasteiger partial charge in [-0.3, -0.25) is 4.79 Å². The van der Waals surface area contributed by atoms with Gasteiger partial charge in [-0.25, -0.2) is 9.69 Å². The number of imide groups is 1. The molecule has 0 unspecified atom stereocenters. The molecule has 136 valence electrons. The van der Waals surface area contributed by atoms with Gasteiger partial charge in [0.05, 0.1) is 6.04 Å². The maximum atomic E-state index is 13.0. The lowest BCUT2D eigenvalue weighted by Crippen LogP contribution is -2.40. The molecule has 0 radical (unpaired) electrons. The Morgan fingerprint density at radius 3 is 2.19 bits per heavy atom. The van der Waals surface area contributed by atoms with E-state index >= 15 is 0 Å². The average molecular weight is 351 g/mol. The number of rotatable bonds is 3. The number of likely N-dealkylation sites (tertiary alicyclic amines) is 1. The lowest BCUT2D eigenvalue weighted by molar-refractivity contribution is -0.131. The summed E-state index contributed by atoms with van der Waals surface area (Å²) in [5.41, 5.74) is 1.42. The van der Waals surface area contributed by atoms with Gasteiger partial charge >= 0.3 is 6.09 Å². The third-order valence-electron chi connectivity index (χ3n) is 4.51. The van der Waals surface area contributed by atoms with Crippen molar-refractivity contribution in [3.63, 3.8) is 0 Å². The van der Waals surface area contributed by atoms with E-state index in [9.17, 15) is 9.59 Å². The number of nitrogens with zero attached hydrogens (tertiary/aromatic N) is 1. The van der Waals surface area contributed by atoms with Crippen LogP contribution < -0.4 is 0 Å². The first-order valence-electron chi connectivity index (χ1n) is 9.00. The summed E-state index contributed by atoms with van der Waals surface area (Å²) in [6, 6.07) is 19.3. The van der Waals surface area contributed by atoms with Crippen LogP contribution in [-0.2, 0) is 16.0 Å². The van der Waals surface area contributed by atoms with Crippen LogP contribution in [-0.4, -0.2) is 22.5 Å². The van der Waals surface area contributed by atoms with E-state index < -0.39 is 11.7 Å². The molecule has 0 N–H and O–H groups in total. The SMILES string of the molecule is CC(C)(C)OC(=O)N1C(=O)[C@@H](Cc2ccccc2)C[C@H]1c1ccccc1. The molecule has 2 atom stereocenters. The first kappa shape index (κ1) is 18.2. The Balaban J connectivity index is 1.87. The minimum absolute atomic E-state index is 0.156. The van der Waals surface area contributed by atoms with Gasteiger partial charge < -0.3 is 4.74 Å². The summed E-state index contributed by atoms with van der Waals surface area (Å²) in [6.07, 6.45) is 0.672. The largest absolute Gasteiger partial charge is 0.443 e. The van der Waals surface area contributed by atoms with E-state index in [0.29, 0.717) is 12.8 Å². The van der Waals surface area contributed by atoms with Crippen LogP contribution in [0.25, 0.3) is 0 Å². The van der Waals surface area contributed by atoms with Crippen LogP contribution in [0, 0.1) is 5.92 Å². The van der Waals surface area contributed by atoms with Gasteiger partial charge in [-0.15, -0.1) is 0 Å². The Morgan fingerprint density at radius 1 is 1.04 bits per heavy atom. The molecular formula is C22H25NO3. The molecule has 1 saturated heterocycles. The quantitative estimate of drug-likeness (QED) is 0.801. The number of hydrogen-bond donors (Lipinski definition) is 0. The lowest BCUT2D eigenvalue weighted by atomic mass is 9.94. The van der Waals surface area contributed by atoms with Crippen LogP contribution in [0.4, 0.5) is 4.79 Å². The van der Waals surface area contributed by atoms with Crippen molar-refractivity contribution in [2.45, 2.75) is 45.3 Å². The molecule has 2 aromatic carbocycles. The van der Waals surface area contributed by atoms with E-state index in [-0.39, 0.29) is 17.9 Å². The van der Waals surface area contributed by atoms with Crippen molar-refractivity contribution in [2.75, 3.05) is 0 Å². The van der Waals surface area contributed by atoms with E-state index in [1.54, 1.807) is 0 Å². The van der Waals surface area contributed by atoms with Crippen LogP contribution in [0.15, 0.2) is 60.7 Å². The minimum Gasteiger partial charge on any atom is -0.443 e. The van der Waals surface area contributed by atoms with Gasteiger partial charge in [0.15, 0.2) is 0 Å². The van der Waals surface area contributed by atoms with Gasteiger partial charge in [0, 0.05) is 5.92 Å². The Labute approximate surface area is 154 Å². The van der Waals surface area contributed by atoms with Crippen molar-refractivity contribution in [3.05, 3.63) is 71.8 Å². The van der Waals surface area contributed by atoms with E-state index in [2.05, 4.69) is 0 Å². The summed E-state index contributed by atoms with van der Waals surface area (Å²) in [7, 11) is 0. The fourth-order valence-electron chi connectivity index (χ4n) is 3.38. The smallest absolute Gasteiger partial charge is 0.417 e. The van der Waals surface area contributed by atoms with Gasteiger partial charge in [-0.05, 0) is 44.7 Å². The van der Waals surface area contributed by atoms with Gasteiger partial charge in [0.2, 0.25) is 5.91 Å². The second kappa shape index (κ2) is 7.32. The van der Waals surface area contributed by atoms with Gasteiger partial charge in [0.25, 0.3) is 0 Å². The van der Waals surface area contributed by atoms with Crippen LogP contribution in [0.5, 0.6) is 0 Å². The predicted molar refractivity (Wildman–Crippen MR) is 101 cm³/mol. The van der Waals surface area contributed by atoms with Crippen molar-refractivity contribution in [1.29, 1.82) is 0 Å². The van der Waals surface area contributed by atoms with Crippen LogP contribution in [0.2, 0.25) is 0 Å². The highest BCUT2D eigenvalue weighted by atomic mass is 16.6. The predicted octanol–water partition coefficient (Wildman–Crippen LogP) is 4.75. The molecule has 26 heavy (non-hydrogen) atoms. The number of carbonyl (C=O) groups is 2. The topological polar surface area (TPSA) is 46.6 Å². The van der Waals surface area contributed by atoms with Gasteiger partial charge in [0.1, 0.15) is 5.60 Å². The number of ether oxygens (including phenoxy) is 1. The molecule has 1 fully saturated rings. The zero-order chi connectivity index (χ0) is 18.7. The maximum absolute atomic E-state index is 13.0. The first-order valence-corrected chi connectivity index (χ1v) is 9.00. The Kier molecular flexibility index (Phi) is 5.12. The van der Waals surface area contributed by atoms with E-state index in [1.165, 1.54) is 4.90 Å². The fourth-order valence-corrected chi connectivity index (χ4v) is 3.38. The minimum atomic E-state index is -0.643. The Morgan fingerprint density at radius 2 is 1.62 bits per heavy atom. The molecular weight excluding hydrogens is 326 g/mol. The van der Waals surface area contributed by atoms with Crippen molar-refractivity contribution in [3.8, 4) is 0 Å². The normalized spacial score (nSPS) is 20.3. The van der Waals surface area contributed by atoms with Crippen LogP contribution in [0.3, 0.4) is 0 Å². The molecule has 1 heterocycles. The molecule has 0 spiro atoms. The second-order valence-electron chi connectivity index (χ2n) is 7.74. The standard InChI is InChI=1S/C22H25NO3/c1-22(2,3)26-21(25)23-19(17-12-8-5-9-13-17)15-18(20(23)24)14-16-10-6-4-7-11-16/h4-13,18-19H,14-15H2,1-3H3/t18-,19-/m0/s1. The van der Waals surface area contributed by atoms with Gasteiger partial charge in [-0.2, -0.15) is 0 Å². The maximum Gasteiger partial charge on any atom is 0.417 e. The number of benzene rings is 2. The molecule has 1 aliphatic heterocycles. The fraction of sp³-hybridized carbons (Fsp3) is 0.364. The molecule has 0 saturated carbocycles. The van der Waals surface area contributed by atoms with Crippen molar-refractivity contribution < 1.29 is 14.3 Å². The summed E-state index contributed by atoms with van der Waals surface area (Å²) in [4.78, 5) is 27.1. The highest BCUT2D eigenvalue weighted by Crippen LogP contribution is 2.38. The van der Waals surface area contributed by atoms with E-state index in [4.69, 9.17) is 4.74 Å². The Hall–Kier alpha value is -2.62. The monoisotopic (exact) mass is 351 g/mol. The number of carbonyl (C=O) groups excluding carboxylic acids is 2. The molecule has 0 aliphatic carbocycles. The highest BCUT2D eigenvalue weighted by molar-refractivity contribution is 5.96. The second-order valence-corrected chi connectivity index (χ2v) is 7.74. The van der Waals surface area contributed by atoms with Crippen LogP contribution >= 0.6 is 0 Å². The van der Waals surface area contributed by atoms with Crippen molar-refractivity contribution in [2.24, 2.45) is 5.92 Å². The summed E-state index contributed by atoms with van der Waals surface area (Å²) in [5.74, 6) is -0.382. The molecule has 0 aromatic heterocycles. The third-order valence-corrected chi connectivity index (χ3v) is 4.51. The molecule has 4 heteroatoms.